The van der Waals surface area contributed by atoms with Crippen LogP contribution < -0.4 is 5.73 Å². The number of hydrogen-bond donors (Lipinski definition) is 1. The molecule has 1 amide bonds. The van der Waals surface area contributed by atoms with Crippen molar-refractivity contribution in [2.45, 2.75) is 19.4 Å². The number of nitrogens with two attached hydrogens (primary N) is 1. The van der Waals surface area contributed by atoms with Gasteiger partial charge in [0.25, 0.3) is 0 Å². The van der Waals surface area contributed by atoms with Crippen LogP contribution in [0, 0.1) is 0 Å². The number of rotatable bonds is 6. The number of hydrogen-bond acceptors (Lipinski definition) is 5. The third-order valence-electron chi connectivity index (χ3n) is 4.29. The first-order valence-corrected chi connectivity index (χ1v) is 8.46. The monoisotopic (exact) mass is 328 g/mol. The molecule has 0 aliphatic carbocycles. The predicted octanol–water partition coefficient (Wildman–Crippen LogP) is 1.72. The molecule has 2 aromatic rings. The van der Waals surface area contributed by atoms with Gasteiger partial charge < -0.3 is 15.1 Å². The Hall–Kier alpha value is -2.18. The van der Waals surface area contributed by atoms with E-state index in [0.29, 0.717) is 19.5 Å². The summed E-state index contributed by atoms with van der Waals surface area (Å²) in [5.74, 6) is 1.72. The van der Waals surface area contributed by atoms with E-state index in [2.05, 4.69) is 9.88 Å². The maximum atomic E-state index is 12.0. The van der Waals surface area contributed by atoms with Crippen molar-refractivity contribution in [2.75, 3.05) is 32.7 Å². The van der Waals surface area contributed by atoms with Crippen LogP contribution in [0.15, 0.2) is 40.9 Å². The molecule has 1 aromatic carbocycles. The van der Waals surface area contributed by atoms with Crippen LogP contribution in [0.3, 0.4) is 0 Å². The van der Waals surface area contributed by atoms with Gasteiger partial charge in [-0.15, -0.1) is 0 Å². The first kappa shape index (κ1) is 16.7. The minimum Gasteiger partial charge on any atom is -0.439 e. The predicted molar refractivity (Wildman–Crippen MR) is 92.1 cm³/mol. The van der Waals surface area contributed by atoms with Gasteiger partial charge in [0.2, 0.25) is 11.8 Å². The zero-order valence-electron chi connectivity index (χ0n) is 13.9. The van der Waals surface area contributed by atoms with Crippen LogP contribution in [0.25, 0.3) is 11.3 Å². The second kappa shape index (κ2) is 8.08. The second-order valence-corrected chi connectivity index (χ2v) is 6.03. The van der Waals surface area contributed by atoms with Crippen LogP contribution in [-0.4, -0.2) is 53.4 Å². The molecule has 1 saturated heterocycles. The first-order valence-electron chi connectivity index (χ1n) is 8.46. The van der Waals surface area contributed by atoms with Crippen LogP contribution in [0.1, 0.15) is 18.7 Å². The highest BCUT2D eigenvalue weighted by Crippen LogP contribution is 2.20. The van der Waals surface area contributed by atoms with Gasteiger partial charge in [-0.1, -0.05) is 30.3 Å². The molecule has 1 aliphatic rings. The van der Waals surface area contributed by atoms with Gasteiger partial charge in [-0.25, -0.2) is 4.98 Å². The van der Waals surface area contributed by atoms with Gasteiger partial charge in [0.1, 0.15) is 0 Å². The fourth-order valence-electron chi connectivity index (χ4n) is 2.88. The van der Waals surface area contributed by atoms with Gasteiger partial charge in [-0.2, -0.15) is 0 Å². The minimum atomic E-state index is 0.211. The van der Waals surface area contributed by atoms with Crippen LogP contribution in [0.4, 0.5) is 0 Å². The molecule has 0 unspecified atom stereocenters. The number of carbonyl (C=O) groups is 1. The van der Waals surface area contributed by atoms with Gasteiger partial charge in [0.05, 0.1) is 12.7 Å². The summed E-state index contributed by atoms with van der Waals surface area (Å²) in [6.07, 6.45) is 3.09. The van der Waals surface area contributed by atoms with E-state index in [9.17, 15) is 4.79 Å². The van der Waals surface area contributed by atoms with Crippen molar-refractivity contribution in [3.63, 3.8) is 0 Å². The maximum absolute atomic E-state index is 12.0. The average Bonchev–Trinajstić information content (AvgIpc) is 3.09. The van der Waals surface area contributed by atoms with Crippen LogP contribution >= 0.6 is 0 Å². The lowest BCUT2D eigenvalue weighted by molar-refractivity contribution is -0.133. The van der Waals surface area contributed by atoms with E-state index in [-0.39, 0.29) is 5.91 Å². The maximum Gasteiger partial charge on any atom is 0.222 e. The zero-order valence-corrected chi connectivity index (χ0v) is 13.9. The van der Waals surface area contributed by atoms with E-state index in [4.69, 9.17) is 10.2 Å². The summed E-state index contributed by atoms with van der Waals surface area (Å²) >= 11 is 0. The van der Waals surface area contributed by atoms with Crippen molar-refractivity contribution in [1.82, 2.24) is 14.8 Å². The Morgan fingerprint density at radius 1 is 1.17 bits per heavy atom. The molecule has 0 radical (unpaired) electrons. The lowest BCUT2D eigenvalue weighted by atomic mass is 10.2. The van der Waals surface area contributed by atoms with E-state index < -0.39 is 0 Å². The van der Waals surface area contributed by atoms with E-state index in [1.54, 1.807) is 6.20 Å². The van der Waals surface area contributed by atoms with Crippen molar-refractivity contribution >= 4 is 5.91 Å². The van der Waals surface area contributed by atoms with Crippen molar-refractivity contribution in [1.29, 1.82) is 0 Å². The Balaban J connectivity index is 1.50. The molecule has 24 heavy (non-hydrogen) atoms. The molecule has 0 spiro atoms. The SMILES string of the molecule is NCCCC(=O)N1CCN(Cc2ncc(-c3ccccc3)o2)CC1. The number of oxazole rings is 1. The molecule has 0 saturated carbocycles. The number of nitrogens with zero attached hydrogens (tertiary/aromatic N) is 3. The van der Waals surface area contributed by atoms with Gasteiger partial charge in [-0.05, 0) is 13.0 Å². The number of piperazine rings is 1. The third kappa shape index (κ3) is 4.21. The third-order valence-corrected chi connectivity index (χ3v) is 4.29. The fraction of sp³-hybridized carbons (Fsp3) is 0.444. The van der Waals surface area contributed by atoms with Crippen LogP contribution in [-0.2, 0) is 11.3 Å². The van der Waals surface area contributed by atoms with E-state index in [1.807, 2.05) is 35.2 Å². The summed E-state index contributed by atoms with van der Waals surface area (Å²) in [4.78, 5) is 20.6. The highest BCUT2D eigenvalue weighted by molar-refractivity contribution is 5.76. The van der Waals surface area contributed by atoms with Gasteiger partial charge >= 0.3 is 0 Å². The summed E-state index contributed by atoms with van der Waals surface area (Å²) in [5, 5.41) is 0. The van der Waals surface area contributed by atoms with Crippen molar-refractivity contribution < 1.29 is 9.21 Å². The van der Waals surface area contributed by atoms with Crippen LogP contribution in [0.5, 0.6) is 0 Å². The summed E-state index contributed by atoms with van der Waals surface area (Å²) in [5.41, 5.74) is 6.50. The molecule has 6 heteroatoms. The molecular formula is C18H24N4O2. The molecule has 2 heterocycles. The van der Waals surface area contributed by atoms with Crippen molar-refractivity contribution in [3.8, 4) is 11.3 Å². The largest absolute Gasteiger partial charge is 0.439 e. The Morgan fingerprint density at radius 3 is 2.62 bits per heavy atom. The normalized spacial score (nSPS) is 15.6. The fourth-order valence-corrected chi connectivity index (χ4v) is 2.88. The molecule has 128 valence electrons. The van der Waals surface area contributed by atoms with Crippen molar-refractivity contribution in [3.05, 3.63) is 42.4 Å². The Kier molecular flexibility index (Phi) is 5.61. The Bertz CT molecular complexity index is 648. The highest BCUT2D eigenvalue weighted by Gasteiger charge is 2.21. The zero-order chi connectivity index (χ0) is 16.8. The highest BCUT2D eigenvalue weighted by atomic mass is 16.4. The minimum absolute atomic E-state index is 0.211. The van der Waals surface area contributed by atoms with Gasteiger partial charge in [0, 0.05) is 38.2 Å². The number of amides is 1. The summed E-state index contributed by atoms with van der Waals surface area (Å²) in [6.45, 7) is 4.46. The molecular weight excluding hydrogens is 304 g/mol. The Morgan fingerprint density at radius 2 is 1.92 bits per heavy atom. The molecule has 1 aromatic heterocycles. The standard InChI is InChI=1S/C18H24N4O2/c19-8-4-7-18(23)22-11-9-21(10-12-22)14-17-20-13-16(24-17)15-5-2-1-3-6-15/h1-3,5-6,13H,4,7-12,14,19H2. The van der Waals surface area contributed by atoms with Gasteiger partial charge in [-0.3, -0.25) is 9.69 Å². The van der Waals surface area contributed by atoms with Crippen LogP contribution in [0.2, 0.25) is 0 Å². The van der Waals surface area contributed by atoms with E-state index in [0.717, 1.165) is 49.8 Å². The summed E-state index contributed by atoms with van der Waals surface area (Å²) in [6, 6.07) is 9.97. The van der Waals surface area contributed by atoms with Crippen molar-refractivity contribution in [2.24, 2.45) is 5.73 Å². The molecule has 0 bridgehead atoms. The molecule has 2 N–H and O–H groups in total. The first-order chi connectivity index (χ1) is 11.8. The lowest BCUT2D eigenvalue weighted by Gasteiger charge is -2.34. The molecule has 1 fully saturated rings. The topological polar surface area (TPSA) is 75.6 Å². The van der Waals surface area contributed by atoms with E-state index in [1.165, 1.54) is 0 Å². The molecule has 1 aliphatic heterocycles. The molecule has 6 nitrogen and oxygen atoms in total. The summed E-state index contributed by atoms with van der Waals surface area (Å²) in [7, 11) is 0. The second-order valence-electron chi connectivity index (χ2n) is 6.03. The number of benzene rings is 1. The quantitative estimate of drug-likeness (QED) is 0.874. The lowest BCUT2D eigenvalue weighted by Crippen LogP contribution is -2.48. The average molecular weight is 328 g/mol. The molecule has 0 atom stereocenters. The number of carbonyl (C=O) groups excluding carboxylic acids is 1. The van der Waals surface area contributed by atoms with E-state index >= 15 is 0 Å². The Labute approximate surface area is 142 Å². The van der Waals surface area contributed by atoms with Gasteiger partial charge in [0.15, 0.2) is 5.76 Å². The molecule has 3 rings (SSSR count). The summed E-state index contributed by atoms with van der Waals surface area (Å²) < 4.78 is 5.85. The number of aromatic nitrogens is 1. The smallest absolute Gasteiger partial charge is 0.222 e.